The lowest BCUT2D eigenvalue weighted by molar-refractivity contribution is -0.111. The highest BCUT2D eigenvalue weighted by molar-refractivity contribution is 8.14. The van der Waals surface area contributed by atoms with Crippen LogP contribution in [0.15, 0.2) is 0 Å². The van der Waals surface area contributed by atoms with E-state index < -0.39 is 0 Å². The Morgan fingerprint density at radius 2 is 2.50 bits per heavy atom. The summed E-state index contributed by atoms with van der Waals surface area (Å²) in [4.78, 5) is 10.8. The molecule has 1 heterocycles. The molecule has 1 fully saturated rings. The molecule has 1 unspecified atom stereocenters. The van der Waals surface area contributed by atoms with E-state index in [1.807, 2.05) is 0 Å². The minimum Gasteiger partial charge on any atom is -0.396 e. The molecule has 1 aliphatic rings. The zero-order valence-corrected chi connectivity index (χ0v) is 6.69. The van der Waals surface area contributed by atoms with Gasteiger partial charge in [0.15, 0.2) is 5.12 Å². The van der Waals surface area contributed by atoms with Gasteiger partial charge in [0.25, 0.3) is 0 Å². The summed E-state index contributed by atoms with van der Waals surface area (Å²) in [6.07, 6.45) is 3.61. The molecule has 1 N–H and O–H groups in total. The number of carbonyl (C=O) groups is 1. The van der Waals surface area contributed by atoms with Gasteiger partial charge >= 0.3 is 0 Å². The lowest BCUT2D eigenvalue weighted by atomic mass is 10.1. The summed E-state index contributed by atoms with van der Waals surface area (Å²) in [7, 11) is 0. The van der Waals surface area contributed by atoms with Gasteiger partial charge in [0, 0.05) is 18.3 Å². The summed E-state index contributed by atoms with van der Waals surface area (Å²) < 4.78 is 0. The summed E-state index contributed by atoms with van der Waals surface area (Å²) in [5.74, 6) is 0. The Morgan fingerprint density at radius 1 is 1.70 bits per heavy atom. The summed E-state index contributed by atoms with van der Waals surface area (Å²) in [5, 5.41) is 9.27. The number of hydrogen-bond donors (Lipinski definition) is 1. The molecule has 1 saturated heterocycles. The first-order chi connectivity index (χ1) is 4.83. The van der Waals surface area contributed by atoms with E-state index in [4.69, 9.17) is 5.11 Å². The minimum atomic E-state index is 0.213. The maximum absolute atomic E-state index is 10.8. The van der Waals surface area contributed by atoms with Crippen molar-refractivity contribution in [1.29, 1.82) is 0 Å². The molecule has 0 aromatic heterocycles. The van der Waals surface area contributed by atoms with Crippen LogP contribution in [0.5, 0.6) is 0 Å². The van der Waals surface area contributed by atoms with Gasteiger partial charge in [-0.05, 0) is 19.3 Å². The van der Waals surface area contributed by atoms with Crippen LogP contribution >= 0.6 is 11.8 Å². The topological polar surface area (TPSA) is 37.3 Å². The third-order valence-electron chi connectivity index (χ3n) is 1.66. The Labute approximate surface area is 65.0 Å². The highest BCUT2D eigenvalue weighted by Crippen LogP contribution is 2.28. The number of aliphatic hydroxyl groups is 1. The first kappa shape index (κ1) is 8.08. The lowest BCUT2D eigenvalue weighted by Crippen LogP contribution is -2.14. The molecule has 0 spiro atoms. The fourth-order valence-corrected chi connectivity index (χ4v) is 2.27. The first-order valence-electron chi connectivity index (χ1n) is 3.63. The first-order valence-corrected chi connectivity index (χ1v) is 4.51. The van der Waals surface area contributed by atoms with Gasteiger partial charge in [0.1, 0.15) is 0 Å². The molecular weight excluding hydrogens is 148 g/mol. The molecular formula is C7H12O2S. The van der Waals surface area contributed by atoms with Gasteiger partial charge in [-0.15, -0.1) is 0 Å². The molecule has 0 amide bonds. The Morgan fingerprint density at radius 3 is 3.10 bits per heavy atom. The largest absolute Gasteiger partial charge is 0.396 e. The average molecular weight is 160 g/mol. The summed E-state index contributed by atoms with van der Waals surface area (Å²) >= 11 is 1.41. The predicted octanol–water partition coefficient (Wildman–Crippen LogP) is 1.18. The summed E-state index contributed by atoms with van der Waals surface area (Å²) in [6.45, 7) is 0.213. The minimum absolute atomic E-state index is 0.213. The third-order valence-corrected chi connectivity index (χ3v) is 2.93. The third kappa shape index (κ3) is 2.31. The van der Waals surface area contributed by atoms with Crippen molar-refractivity contribution in [3.8, 4) is 0 Å². The molecule has 1 aliphatic heterocycles. The SMILES string of the molecule is O=C1CCCC(CCO)S1. The zero-order chi connectivity index (χ0) is 7.40. The van der Waals surface area contributed by atoms with E-state index in [2.05, 4.69) is 0 Å². The second-order valence-electron chi connectivity index (χ2n) is 2.52. The second-order valence-corrected chi connectivity index (χ2v) is 3.87. The van der Waals surface area contributed by atoms with E-state index in [1.54, 1.807) is 0 Å². The highest BCUT2D eigenvalue weighted by atomic mass is 32.2. The maximum Gasteiger partial charge on any atom is 0.189 e. The van der Waals surface area contributed by atoms with Crippen molar-refractivity contribution >= 4 is 16.9 Å². The fraction of sp³-hybridized carbons (Fsp3) is 0.857. The van der Waals surface area contributed by atoms with Crippen LogP contribution in [0.25, 0.3) is 0 Å². The van der Waals surface area contributed by atoms with E-state index in [-0.39, 0.29) is 6.61 Å². The van der Waals surface area contributed by atoms with Crippen LogP contribution in [0.4, 0.5) is 0 Å². The van der Waals surface area contributed by atoms with Crippen LogP contribution in [-0.2, 0) is 4.79 Å². The van der Waals surface area contributed by atoms with E-state index in [9.17, 15) is 4.79 Å². The van der Waals surface area contributed by atoms with Gasteiger partial charge in [-0.1, -0.05) is 11.8 Å². The van der Waals surface area contributed by atoms with Crippen LogP contribution in [0.1, 0.15) is 25.7 Å². The van der Waals surface area contributed by atoms with Gasteiger partial charge in [0.05, 0.1) is 0 Å². The lowest BCUT2D eigenvalue weighted by Gasteiger charge is -2.18. The molecule has 0 aliphatic carbocycles. The molecule has 0 aromatic rings. The molecule has 0 bridgehead atoms. The molecule has 1 atom stereocenters. The second kappa shape index (κ2) is 3.98. The van der Waals surface area contributed by atoms with Crippen LogP contribution in [0, 0.1) is 0 Å². The molecule has 58 valence electrons. The maximum atomic E-state index is 10.8. The normalized spacial score (nSPS) is 26.9. The molecule has 2 nitrogen and oxygen atoms in total. The summed E-state index contributed by atoms with van der Waals surface area (Å²) in [6, 6.07) is 0. The van der Waals surface area contributed by atoms with Gasteiger partial charge in [-0.2, -0.15) is 0 Å². The zero-order valence-electron chi connectivity index (χ0n) is 5.88. The van der Waals surface area contributed by atoms with Crippen molar-refractivity contribution in [3.63, 3.8) is 0 Å². The monoisotopic (exact) mass is 160 g/mol. The van der Waals surface area contributed by atoms with E-state index in [1.165, 1.54) is 11.8 Å². The van der Waals surface area contributed by atoms with Gasteiger partial charge in [0.2, 0.25) is 0 Å². The summed E-state index contributed by atoms with van der Waals surface area (Å²) in [5.41, 5.74) is 0. The van der Waals surface area contributed by atoms with Crippen LogP contribution in [0.3, 0.4) is 0 Å². The van der Waals surface area contributed by atoms with E-state index >= 15 is 0 Å². The number of carbonyl (C=O) groups excluding carboxylic acids is 1. The van der Waals surface area contributed by atoms with Crippen molar-refractivity contribution in [2.24, 2.45) is 0 Å². The molecule has 1 rings (SSSR count). The molecule has 0 aromatic carbocycles. The number of aliphatic hydroxyl groups excluding tert-OH is 1. The Balaban J connectivity index is 2.25. The van der Waals surface area contributed by atoms with Crippen LogP contribution < -0.4 is 0 Å². The Hall–Kier alpha value is -0.0200. The molecule has 3 heteroatoms. The molecule has 10 heavy (non-hydrogen) atoms. The van der Waals surface area contributed by atoms with Crippen molar-refractivity contribution < 1.29 is 9.90 Å². The Kier molecular flexibility index (Phi) is 3.22. The van der Waals surface area contributed by atoms with E-state index in [0.29, 0.717) is 10.4 Å². The molecule has 0 radical (unpaired) electrons. The number of hydrogen-bond acceptors (Lipinski definition) is 3. The number of thioether (sulfide) groups is 1. The average Bonchev–Trinajstić information content (AvgIpc) is 1.88. The van der Waals surface area contributed by atoms with Crippen LogP contribution in [-0.4, -0.2) is 22.1 Å². The van der Waals surface area contributed by atoms with Gasteiger partial charge in [-0.3, -0.25) is 4.79 Å². The van der Waals surface area contributed by atoms with Crippen molar-refractivity contribution in [2.45, 2.75) is 30.9 Å². The number of rotatable bonds is 2. The molecule has 0 saturated carbocycles. The van der Waals surface area contributed by atoms with Gasteiger partial charge < -0.3 is 5.11 Å². The van der Waals surface area contributed by atoms with Crippen molar-refractivity contribution in [3.05, 3.63) is 0 Å². The van der Waals surface area contributed by atoms with Crippen molar-refractivity contribution in [1.82, 2.24) is 0 Å². The Bertz CT molecular complexity index is 123. The predicted molar refractivity (Wildman–Crippen MR) is 41.9 cm³/mol. The highest BCUT2D eigenvalue weighted by Gasteiger charge is 2.18. The standard InChI is InChI=1S/C7H12O2S/c8-5-4-6-2-1-3-7(9)10-6/h6,8H,1-5H2. The quantitative estimate of drug-likeness (QED) is 0.659. The van der Waals surface area contributed by atoms with Gasteiger partial charge in [-0.25, -0.2) is 0 Å². The van der Waals surface area contributed by atoms with Crippen molar-refractivity contribution in [2.75, 3.05) is 6.61 Å². The van der Waals surface area contributed by atoms with E-state index in [0.717, 1.165) is 25.7 Å². The van der Waals surface area contributed by atoms with Crippen LogP contribution in [0.2, 0.25) is 0 Å². The fourth-order valence-electron chi connectivity index (χ4n) is 1.13. The smallest absolute Gasteiger partial charge is 0.189 e.